The smallest absolute Gasteiger partial charge is 0.280 e. The van der Waals surface area contributed by atoms with Crippen LogP contribution in [0.25, 0.3) is 0 Å². The highest BCUT2D eigenvalue weighted by Gasteiger charge is 2.14. The molecule has 0 bridgehead atoms. The van der Waals surface area contributed by atoms with Crippen LogP contribution in [0.3, 0.4) is 0 Å². The van der Waals surface area contributed by atoms with Gasteiger partial charge in [0.05, 0.1) is 11.9 Å². The SMILES string of the molecule is O=c1[nH]ncc(NCc2cc3c(s2)CCC3)c1Br. The Morgan fingerprint density at radius 3 is 3.22 bits per heavy atom. The Bertz CT molecular complexity index is 613. The summed E-state index contributed by atoms with van der Waals surface area (Å²) < 4.78 is 0.501. The van der Waals surface area contributed by atoms with E-state index in [0.29, 0.717) is 4.47 Å². The largest absolute Gasteiger partial charge is 0.378 e. The van der Waals surface area contributed by atoms with Gasteiger partial charge < -0.3 is 5.32 Å². The van der Waals surface area contributed by atoms with Crippen molar-refractivity contribution in [3.63, 3.8) is 0 Å². The van der Waals surface area contributed by atoms with Gasteiger partial charge in [-0.3, -0.25) is 4.79 Å². The van der Waals surface area contributed by atoms with Crippen molar-refractivity contribution in [2.24, 2.45) is 0 Å². The summed E-state index contributed by atoms with van der Waals surface area (Å²) in [6.45, 7) is 0.737. The number of nitrogens with zero attached hydrogens (tertiary/aromatic N) is 1. The second-order valence-corrected chi connectivity index (χ2v) is 6.31. The summed E-state index contributed by atoms with van der Waals surface area (Å²) in [4.78, 5) is 14.2. The van der Waals surface area contributed by atoms with E-state index < -0.39 is 0 Å². The minimum Gasteiger partial charge on any atom is -0.378 e. The monoisotopic (exact) mass is 325 g/mol. The topological polar surface area (TPSA) is 57.8 Å². The standard InChI is InChI=1S/C12H12BrN3OS/c13-11-9(6-15-16-12(11)17)14-5-8-4-7-2-1-3-10(7)18-8/h4,6H,1-3,5H2,(H2,14,16,17). The summed E-state index contributed by atoms with van der Waals surface area (Å²) in [6.07, 6.45) is 5.34. The van der Waals surface area contributed by atoms with Crippen molar-refractivity contribution < 1.29 is 0 Å². The van der Waals surface area contributed by atoms with Crippen molar-refractivity contribution >= 4 is 33.0 Å². The van der Waals surface area contributed by atoms with Crippen LogP contribution in [0, 0.1) is 0 Å². The van der Waals surface area contributed by atoms with Crippen LogP contribution < -0.4 is 10.9 Å². The van der Waals surface area contributed by atoms with Gasteiger partial charge in [0.2, 0.25) is 0 Å². The van der Waals surface area contributed by atoms with Gasteiger partial charge in [-0.25, -0.2) is 5.10 Å². The normalized spacial score (nSPS) is 13.6. The lowest BCUT2D eigenvalue weighted by molar-refractivity contribution is 0.913. The Balaban J connectivity index is 1.74. The van der Waals surface area contributed by atoms with Crippen molar-refractivity contribution in [1.82, 2.24) is 10.2 Å². The van der Waals surface area contributed by atoms with Gasteiger partial charge in [0.1, 0.15) is 4.47 Å². The molecule has 0 fully saturated rings. The maximum absolute atomic E-state index is 11.4. The molecule has 2 aromatic rings. The molecule has 3 rings (SSSR count). The molecular weight excluding hydrogens is 314 g/mol. The van der Waals surface area contributed by atoms with Crippen molar-refractivity contribution in [1.29, 1.82) is 0 Å². The lowest BCUT2D eigenvalue weighted by Crippen LogP contribution is -2.11. The Labute approximate surface area is 117 Å². The number of nitrogens with one attached hydrogen (secondary N) is 2. The van der Waals surface area contributed by atoms with Crippen LogP contribution in [0.15, 0.2) is 21.5 Å². The minimum absolute atomic E-state index is 0.214. The van der Waals surface area contributed by atoms with Gasteiger partial charge in [-0.1, -0.05) is 0 Å². The van der Waals surface area contributed by atoms with Crippen LogP contribution in [-0.4, -0.2) is 10.2 Å². The van der Waals surface area contributed by atoms with Gasteiger partial charge >= 0.3 is 0 Å². The summed E-state index contributed by atoms with van der Waals surface area (Å²) in [6, 6.07) is 2.27. The fourth-order valence-corrected chi connectivity index (χ4v) is 3.70. The van der Waals surface area contributed by atoms with Gasteiger partial charge in [0.15, 0.2) is 0 Å². The number of hydrogen-bond acceptors (Lipinski definition) is 4. The van der Waals surface area contributed by atoms with Crippen LogP contribution in [0.2, 0.25) is 0 Å². The quantitative estimate of drug-likeness (QED) is 0.912. The molecule has 2 N–H and O–H groups in total. The zero-order valence-corrected chi connectivity index (χ0v) is 12.0. The highest BCUT2D eigenvalue weighted by molar-refractivity contribution is 9.10. The van der Waals surface area contributed by atoms with E-state index in [-0.39, 0.29) is 5.56 Å². The molecule has 4 nitrogen and oxygen atoms in total. The number of rotatable bonds is 3. The Morgan fingerprint density at radius 2 is 2.39 bits per heavy atom. The van der Waals surface area contributed by atoms with Crippen LogP contribution in [0.5, 0.6) is 0 Å². The first-order valence-corrected chi connectivity index (χ1v) is 7.42. The molecule has 18 heavy (non-hydrogen) atoms. The molecule has 1 aliphatic rings. The number of aromatic amines is 1. The average molecular weight is 326 g/mol. The zero-order valence-electron chi connectivity index (χ0n) is 9.62. The van der Waals surface area contributed by atoms with E-state index in [9.17, 15) is 4.79 Å². The zero-order chi connectivity index (χ0) is 12.5. The van der Waals surface area contributed by atoms with E-state index in [1.54, 1.807) is 6.20 Å². The first-order chi connectivity index (χ1) is 8.74. The molecule has 0 spiro atoms. The number of halogens is 1. The molecule has 0 saturated carbocycles. The van der Waals surface area contributed by atoms with Gasteiger partial charge in [-0.15, -0.1) is 11.3 Å². The molecule has 0 amide bonds. The fraction of sp³-hybridized carbons (Fsp3) is 0.333. The Morgan fingerprint density at radius 1 is 1.50 bits per heavy atom. The third-order valence-corrected chi connectivity index (χ3v) is 5.07. The minimum atomic E-state index is -0.214. The number of H-pyrrole nitrogens is 1. The van der Waals surface area contributed by atoms with Crippen molar-refractivity contribution in [3.05, 3.63) is 42.4 Å². The molecule has 94 valence electrons. The molecule has 6 heteroatoms. The van der Waals surface area contributed by atoms with Crippen molar-refractivity contribution in [3.8, 4) is 0 Å². The second kappa shape index (κ2) is 4.85. The number of hydrogen-bond donors (Lipinski definition) is 2. The molecule has 0 saturated heterocycles. The van der Waals surface area contributed by atoms with E-state index in [2.05, 4.69) is 37.5 Å². The summed E-state index contributed by atoms with van der Waals surface area (Å²) in [5.41, 5.74) is 2.01. The third kappa shape index (κ3) is 2.22. The van der Waals surface area contributed by atoms with Gasteiger partial charge in [0.25, 0.3) is 5.56 Å². The van der Waals surface area contributed by atoms with Gasteiger partial charge in [-0.05, 0) is 46.8 Å². The molecule has 0 aliphatic heterocycles. The van der Waals surface area contributed by atoms with Crippen molar-refractivity contribution in [2.45, 2.75) is 25.8 Å². The molecule has 0 radical (unpaired) electrons. The Kier molecular flexibility index (Phi) is 3.22. The lowest BCUT2D eigenvalue weighted by atomic mass is 10.2. The molecule has 2 heterocycles. The van der Waals surface area contributed by atoms with E-state index >= 15 is 0 Å². The van der Waals surface area contributed by atoms with Crippen LogP contribution in [-0.2, 0) is 19.4 Å². The summed E-state index contributed by atoms with van der Waals surface area (Å²) in [5, 5.41) is 9.40. The molecular formula is C12H12BrN3OS. The average Bonchev–Trinajstić information content (AvgIpc) is 2.91. The van der Waals surface area contributed by atoms with E-state index in [0.717, 1.165) is 12.2 Å². The van der Waals surface area contributed by atoms with Gasteiger partial charge in [0, 0.05) is 16.3 Å². The fourth-order valence-electron chi connectivity index (χ4n) is 2.17. The summed E-state index contributed by atoms with van der Waals surface area (Å²) in [5.74, 6) is 0. The number of thiophene rings is 1. The predicted octanol–water partition coefficient (Wildman–Crippen LogP) is 2.69. The number of aromatic nitrogens is 2. The summed E-state index contributed by atoms with van der Waals surface area (Å²) >= 11 is 5.12. The van der Waals surface area contributed by atoms with E-state index in [1.807, 2.05) is 11.3 Å². The second-order valence-electron chi connectivity index (χ2n) is 4.30. The molecule has 0 aromatic carbocycles. The predicted molar refractivity (Wildman–Crippen MR) is 76.2 cm³/mol. The highest BCUT2D eigenvalue weighted by Crippen LogP contribution is 2.31. The number of anilines is 1. The van der Waals surface area contributed by atoms with Crippen LogP contribution in [0.1, 0.15) is 21.7 Å². The highest BCUT2D eigenvalue weighted by atomic mass is 79.9. The first-order valence-electron chi connectivity index (χ1n) is 5.81. The maximum atomic E-state index is 11.4. The molecule has 0 atom stereocenters. The third-order valence-electron chi connectivity index (χ3n) is 3.05. The van der Waals surface area contributed by atoms with Crippen LogP contribution in [0.4, 0.5) is 5.69 Å². The summed E-state index contributed by atoms with van der Waals surface area (Å²) in [7, 11) is 0. The number of fused-ring (bicyclic) bond motifs is 1. The molecule has 2 aromatic heterocycles. The van der Waals surface area contributed by atoms with Crippen LogP contribution >= 0.6 is 27.3 Å². The molecule has 1 aliphatic carbocycles. The molecule has 0 unspecified atom stereocenters. The Hall–Kier alpha value is -1.14. The van der Waals surface area contributed by atoms with Gasteiger partial charge in [-0.2, -0.15) is 5.10 Å². The maximum Gasteiger partial charge on any atom is 0.280 e. The van der Waals surface area contributed by atoms with E-state index in [4.69, 9.17) is 0 Å². The van der Waals surface area contributed by atoms with Crippen molar-refractivity contribution in [2.75, 3.05) is 5.32 Å². The van der Waals surface area contributed by atoms with E-state index in [1.165, 1.54) is 34.6 Å². The lowest BCUT2D eigenvalue weighted by Gasteiger charge is -2.05. The number of aryl methyl sites for hydroxylation is 2. The first kappa shape index (κ1) is 11.9.